The molecule has 2 aromatic rings. The van der Waals surface area contributed by atoms with E-state index in [1.165, 1.54) is 6.07 Å². The summed E-state index contributed by atoms with van der Waals surface area (Å²) < 4.78 is 10.9. The van der Waals surface area contributed by atoms with Gasteiger partial charge in [0.05, 0.1) is 18.1 Å². The number of nitro groups is 1. The molecule has 0 heterocycles. The third kappa shape index (κ3) is 7.08. The molecule has 0 spiro atoms. The molecule has 0 saturated carbocycles. The molecule has 156 valence electrons. The Morgan fingerprint density at radius 2 is 1.93 bits per heavy atom. The first-order valence-corrected chi connectivity index (χ1v) is 9.51. The van der Waals surface area contributed by atoms with Crippen molar-refractivity contribution in [1.29, 1.82) is 0 Å². The van der Waals surface area contributed by atoms with E-state index in [0.29, 0.717) is 44.4 Å². The smallest absolute Gasteiger partial charge is 0.274 e. The van der Waals surface area contributed by atoms with Crippen LogP contribution in [0.4, 0.5) is 5.69 Å². The molecule has 0 radical (unpaired) electrons. The summed E-state index contributed by atoms with van der Waals surface area (Å²) in [5.41, 5.74) is 2.74. The maximum absolute atomic E-state index is 11.2. The van der Waals surface area contributed by atoms with E-state index in [4.69, 9.17) is 9.47 Å². The molecule has 2 aromatic carbocycles. The molecule has 0 unspecified atom stereocenters. The van der Waals surface area contributed by atoms with Gasteiger partial charge in [0.15, 0.2) is 5.96 Å². The summed E-state index contributed by atoms with van der Waals surface area (Å²) in [7, 11) is 1.64. The molecule has 2 rings (SSSR count). The van der Waals surface area contributed by atoms with Gasteiger partial charge in [-0.15, -0.1) is 0 Å². The largest absolute Gasteiger partial charge is 0.491 e. The highest BCUT2D eigenvalue weighted by atomic mass is 16.6. The van der Waals surface area contributed by atoms with Gasteiger partial charge in [-0.2, -0.15) is 0 Å². The lowest BCUT2D eigenvalue weighted by Gasteiger charge is -2.14. The van der Waals surface area contributed by atoms with Crippen LogP contribution in [0.5, 0.6) is 5.75 Å². The monoisotopic (exact) mass is 400 g/mol. The Balaban J connectivity index is 2.10. The fourth-order valence-electron chi connectivity index (χ4n) is 2.69. The molecule has 0 atom stereocenters. The molecule has 0 aliphatic carbocycles. The molecular weight excluding hydrogens is 372 g/mol. The number of aryl methyl sites for hydroxylation is 1. The van der Waals surface area contributed by atoms with Gasteiger partial charge in [-0.05, 0) is 25.5 Å². The molecule has 8 heteroatoms. The van der Waals surface area contributed by atoms with Crippen LogP contribution in [-0.4, -0.2) is 37.8 Å². The lowest BCUT2D eigenvalue weighted by molar-refractivity contribution is -0.385. The number of aliphatic imine (C=N–C) groups is 1. The van der Waals surface area contributed by atoms with Gasteiger partial charge in [-0.1, -0.05) is 30.3 Å². The highest BCUT2D eigenvalue weighted by Crippen LogP contribution is 2.21. The van der Waals surface area contributed by atoms with Gasteiger partial charge in [0, 0.05) is 37.4 Å². The number of nitrogens with zero attached hydrogens (tertiary/aromatic N) is 2. The second-order valence-electron chi connectivity index (χ2n) is 6.39. The molecule has 2 N–H and O–H groups in total. The van der Waals surface area contributed by atoms with E-state index in [1.54, 1.807) is 25.3 Å². The van der Waals surface area contributed by atoms with Gasteiger partial charge < -0.3 is 20.1 Å². The number of nitrogens with one attached hydrogen (secondary N) is 2. The van der Waals surface area contributed by atoms with Gasteiger partial charge in [-0.3, -0.25) is 10.1 Å². The number of hydrogen-bond acceptors (Lipinski definition) is 5. The maximum atomic E-state index is 11.2. The Bertz CT molecular complexity index is 839. The van der Waals surface area contributed by atoms with Gasteiger partial charge in [-0.25, -0.2) is 4.99 Å². The van der Waals surface area contributed by atoms with Crippen molar-refractivity contribution in [3.63, 3.8) is 0 Å². The average molecular weight is 400 g/mol. The van der Waals surface area contributed by atoms with E-state index in [9.17, 15) is 10.1 Å². The Labute approximate surface area is 171 Å². The molecule has 0 aromatic heterocycles. The molecule has 8 nitrogen and oxygen atoms in total. The zero-order chi connectivity index (χ0) is 21.1. The van der Waals surface area contributed by atoms with Crippen LogP contribution < -0.4 is 15.4 Å². The standard InChI is InChI=1S/C21H28N4O4/c1-4-22-21(23-14-17-7-5-6-8-19(17)25(26)27)24-15-18-10-9-16(2)13-20(18)29-12-11-28-3/h5-10,13H,4,11-12,14-15H2,1-3H3,(H2,22,23,24). The normalized spacial score (nSPS) is 11.2. The zero-order valence-corrected chi connectivity index (χ0v) is 17.1. The van der Waals surface area contributed by atoms with E-state index >= 15 is 0 Å². The highest BCUT2D eigenvalue weighted by Gasteiger charge is 2.12. The van der Waals surface area contributed by atoms with E-state index in [2.05, 4.69) is 15.6 Å². The Morgan fingerprint density at radius 1 is 1.14 bits per heavy atom. The van der Waals surface area contributed by atoms with Gasteiger partial charge in [0.2, 0.25) is 0 Å². The second kappa shape index (κ2) is 11.7. The number of ether oxygens (including phenoxy) is 2. The maximum Gasteiger partial charge on any atom is 0.274 e. The topological polar surface area (TPSA) is 98.0 Å². The van der Waals surface area contributed by atoms with Crippen LogP contribution in [-0.2, 0) is 17.8 Å². The third-order valence-corrected chi connectivity index (χ3v) is 4.15. The van der Waals surface area contributed by atoms with Crippen LogP contribution in [0.25, 0.3) is 0 Å². The molecule has 0 amide bonds. The minimum atomic E-state index is -0.378. The summed E-state index contributed by atoms with van der Waals surface area (Å²) in [6, 6.07) is 12.7. The van der Waals surface area contributed by atoms with Gasteiger partial charge >= 0.3 is 0 Å². The third-order valence-electron chi connectivity index (χ3n) is 4.15. The Kier molecular flexibility index (Phi) is 8.91. The predicted octanol–water partition coefficient (Wildman–Crippen LogP) is 3.18. The molecule has 29 heavy (non-hydrogen) atoms. The Morgan fingerprint density at radius 3 is 2.66 bits per heavy atom. The molecule has 0 aliphatic rings. The summed E-state index contributed by atoms with van der Waals surface area (Å²) in [6.45, 7) is 6.34. The van der Waals surface area contributed by atoms with Crippen molar-refractivity contribution >= 4 is 11.6 Å². The SMILES string of the molecule is CCNC(=NCc1ccc(C)cc1OCCOC)NCc1ccccc1[N+](=O)[O-]. The van der Waals surface area contributed by atoms with Gasteiger partial charge in [0.1, 0.15) is 12.4 Å². The van der Waals surface area contributed by atoms with Crippen LogP contribution in [0.1, 0.15) is 23.6 Å². The van der Waals surface area contributed by atoms with E-state index in [0.717, 1.165) is 16.9 Å². The number of methoxy groups -OCH3 is 1. The molecule has 0 bridgehead atoms. The summed E-state index contributed by atoms with van der Waals surface area (Å²) in [5.74, 6) is 1.36. The number of nitro benzene ring substituents is 1. The predicted molar refractivity (Wildman–Crippen MR) is 113 cm³/mol. The number of guanidine groups is 1. The first kappa shape index (κ1) is 22.2. The van der Waals surface area contributed by atoms with Crippen molar-refractivity contribution in [2.75, 3.05) is 26.9 Å². The highest BCUT2D eigenvalue weighted by molar-refractivity contribution is 5.79. The van der Waals surface area contributed by atoms with Crippen molar-refractivity contribution in [1.82, 2.24) is 10.6 Å². The summed E-state index contributed by atoms with van der Waals surface area (Å²) >= 11 is 0. The Hall–Kier alpha value is -3.13. The lowest BCUT2D eigenvalue weighted by atomic mass is 10.1. The minimum Gasteiger partial charge on any atom is -0.491 e. The fraction of sp³-hybridized carbons (Fsp3) is 0.381. The molecular formula is C21H28N4O4. The van der Waals surface area contributed by atoms with Crippen LogP contribution >= 0.6 is 0 Å². The van der Waals surface area contributed by atoms with Crippen LogP contribution in [0.15, 0.2) is 47.5 Å². The number of rotatable bonds is 10. The zero-order valence-electron chi connectivity index (χ0n) is 17.1. The van der Waals surface area contributed by atoms with Crippen molar-refractivity contribution in [3.8, 4) is 5.75 Å². The van der Waals surface area contributed by atoms with Crippen molar-refractivity contribution in [2.45, 2.75) is 26.9 Å². The molecule has 0 aliphatic heterocycles. The van der Waals surface area contributed by atoms with Crippen molar-refractivity contribution in [3.05, 3.63) is 69.3 Å². The average Bonchev–Trinajstić information content (AvgIpc) is 2.71. The van der Waals surface area contributed by atoms with Crippen molar-refractivity contribution < 1.29 is 14.4 Å². The summed E-state index contributed by atoms with van der Waals surface area (Å²) in [6.07, 6.45) is 0. The van der Waals surface area contributed by atoms with Crippen LogP contribution in [0.2, 0.25) is 0 Å². The molecule has 0 saturated heterocycles. The fourth-order valence-corrected chi connectivity index (χ4v) is 2.69. The summed E-state index contributed by atoms with van der Waals surface area (Å²) in [4.78, 5) is 15.4. The number of hydrogen-bond donors (Lipinski definition) is 2. The first-order chi connectivity index (χ1) is 14.0. The molecule has 0 fully saturated rings. The van der Waals surface area contributed by atoms with E-state index < -0.39 is 0 Å². The minimum absolute atomic E-state index is 0.0863. The lowest BCUT2D eigenvalue weighted by Crippen LogP contribution is -2.36. The van der Waals surface area contributed by atoms with E-state index in [-0.39, 0.29) is 10.6 Å². The first-order valence-electron chi connectivity index (χ1n) is 9.51. The number of benzene rings is 2. The van der Waals surface area contributed by atoms with Gasteiger partial charge in [0.25, 0.3) is 5.69 Å². The van der Waals surface area contributed by atoms with Crippen LogP contribution in [0.3, 0.4) is 0 Å². The van der Waals surface area contributed by atoms with Crippen molar-refractivity contribution in [2.24, 2.45) is 4.99 Å². The number of para-hydroxylation sites is 1. The summed E-state index contributed by atoms with van der Waals surface area (Å²) in [5, 5.41) is 17.5. The second-order valence-corrected chi connectivity index (χ2v) is 6.39. The van der Waals surface area contributed by atoms with Crippen LogP contribution in [0, 0.1) is 17.0 Å². The quantitative estimate of drug-likeness (QED) is 0.209. The van der Waals surface area contributed by atoms with E-state index in [1.807, 2.05) is 32.0 Å².